The fourth-order valence-electron chi connectivity index (χ4n) is 7.78. The van der Waals surface area contributed by atoms with Crippen LogP contribution in [0.5, 0.6) is 0 Å². The number of oxazole rings is 1. The topological polar surface area (TPSA) is 29.3 Å². The van der Waals surface area contributed by atoms with Gasteiger partial charge in [-0.1, -0.05) is 117 Å². The number of hydrogen-bond donors (Lipinski definition) is 0. The minimum absolute atomic E-state index is 0.114. The van der Waals surface area contributed by atoms with E-state index in [1.54, 1.807) is 0 Å². The molecule has 0 spiro atoms. The first-order valence-electron chi connectivity index (χ1n) is 17.0. The largest absolute Gasteiger partial charge is 0.436 e. The van der Waals surface area contributed by atoms with Crippen LogP contribution in [0.25, 0.3) is 65.0 Å². The highest BCUT2D eigenvalue weighted by Crippen LogP contribution is 2.52. The summed E-state index contributed by atoms with van der Waals surface area (Å²) in [5.41, 5.74) is 13.4. The number of rotatable bonds is 5. The lowest BCUT2D eigenvalue weighted by Gasteiger charge is -2.28. The molecule has 0 bridgehead atoms. The van der Waals surface area contributed by atoms with Gasteiger partial charge in [0, 0.05) is 38.2 Å². The smallest absolute Gasteiger partial charge is 0.227 e. The van der Waals surface area contributed by atoms with Crippen molar-refractivity contribution in [2.75, 3.05) is 4.90 Å². The number of benzene rings is 7. The van der Waals surface area contributed by atoms with E-state index in [0.29, 0.717) is 5.89 Å². The van der Waals surface area contributed by atoms with Crippen molar-refractivity contribution in [3.05, 3.63) is 169 Å². The SMILES string of the molecule is CC1(C)c2ccccc2-c2ccc(N(c3ccc4nc(-c5ccc(-c6ccccc6)cc5)oc4c3)c3cccc4c3sc3ccccc34)cc21. The normalized spacial score (nSPS) is 13.2. The molecule has 3 nitrogen and oxygen atoms in total. The predicted octanol–water partition coefficient (Wildman–Crippen LogP) is 13.3. The summed E-state index contributed by atoms with van der Waals surface area (Å²) in [7, 11) is 0. The number of thiophene rings is 1. The maximum absolute atomic E-state index is 6.51. The van der Waals surface area contributed by atoms with Crippen molar-refractivity contribution in [1.82, 2.24) is 4.98 Å². The van der Waals surface area contributed by atoms with Gasteiger partial charge >= 0.3 is 0 Å². The van der Waals surface area contributed by atoms with Crippen LogP contribution in [0, 0.1) is 0 Å². The summed E-state index contributed by atoms with van der Waals surface area (Å²) < 4.78 is 9.06. The lowest BCUT2D eigenvalue weighted by Crippen LogP contribution is -2.16. The van der Waals surface area contributed by atoms with Crippen molar-refractivity contribution in [2.24, 2.45) is 0 Å². The Bertz CT molecular complexity index is 2740. The second-order valence-corrected chi connectivity index (χ2v) is 14.7. The summed E-state index contributed by atoms with van der Waals surface area (Å²) in [6, 6.07) is 56.4. The van der Waals surface area contributed by atoms with Gasteiger partial charge in [0.2, 0.25) is 5.89 Å². The first-order valence-corrected chi connectivity index (χ1v) is 17.9. The summed E-state index contributed by atoms with van der Waals surface area (Å²) in [6.07, 6.45) is 0. The Morgan fingerprint density at radius 3 is 2.12 bits per heavy atom. The Balaban J connectivity index is 1.13. The van der Waals surface area contributed by atoms with Crippen molar-refractivity contribution >= 4 is 59.7 Å². The predicted molar refractivity (Wildman–Crippen MR) is 210 cm³/mol. The first-order chi connectivity index (χ1) is 24.5. The Hall–Kier alpha value is -5.97. The van der Waals surface area contributed by atoms with E-state index in [0.717, 1.165) is 33.7 Å². The van der Waals surface area contributed by atoms with Crippen molar-refractivity contribution in [1.29, 1.82) is 0 Å². The average Bonchev–Trinajstić information content (AvgIpc) is 3.83. The van der Waals surface area contributed by atoms with Crippen LogP contribution >= 0.6 is 11.3 Å². The van der Waals surface area contributed by atoms with E-state index in [1.165, 1.54) is 53.6 Å². The van der Waals surface area contributed by atoms with Crippen molar-refractivity contribution in [2.45, 2.75) is 19.3 Å². The highest BCUT2D eigenvalue weighted by molar-refractivity contribution is 7.26. The molecular weight excluding hydrogens is 629 g/mol. The maximum Gasteiger partial charge on any atom is 0.227 e. The van der Waals surface area contributed by atoms with Gasteiger partial charge < -0.3 is 9.32 Å². The molecule has 238 valence electrons. The van der Waals surface area contributed by atoms with Crippen LogP contribution in [-0.4, -0.2) is 4.98 Å². The third kappa shape index (κ3) is 4.45. The zero-order chi connectivity index (χ0) is 33.4. The van der Waals surface area contributed by atoms with E-state index in [1.807, 2.05) is 17.4 Å². The maximum atomic E-state index is 6.51. The molecule has 0 saturated carbocycles. The fraction of sp³-hybridized carbons (Fsp3) is 0.0652. The van der Waals surface area contributed by atoms with E-state index in [4.69, 9.17) is 9.40 Å². The highest BCUT2D eigenvalue weighted by atomic mass is 32.1. The Kier molecular flexibility index (Phi) is 6.39. The van der Waals surface area contributed by atoms with Gasteiger partial charge in [-0.25, -0.2) is 4.98 Å². The third-order valence-electron chi connectivity index (χ3n) is 10.3. The Morgan fingerprint density at radius 1 is 0.560 bits per heavy atom. The minimum atomic E-state index is -0.114. The first kappa shape index (κ1) is 29.0. The van der Waals surface area contributed by atoms with E-state index < -0.39 is 0 Å². The Labute approximate surface area is 294 Å². The molecule has 0 aliphatic heterocycles. The molecule has 0 unspecified atom stereocenters. The molecule has 0 N–H and O–H groups in total. The number of nitrogens with zero attached hydrogens (tertiary/aromatic N) is 2. The van der Waals surface area contributed by atoms with E-state index in [9.17, 15) is 0 Å². The zero-order valence-electron chi connectivity index (χ0n) is 27.7. The van der Waals surface area contributed by atoms with Crippen molar-refractivity contribution in [3.8, 4) is 33.7 Å². The molecule has 1 aliphatic rings. The molecule has 50 heavy (non-hydrogen) atoms. The molecule has 2 heterocycles. The van der Waals surface area contributed by atoms with Gasteiger partial charge in [0.15, 0.2) is 5.58 Å². The van der Waals surface area contributed by atoms with Crippen molar-refractivity contribution < 1.29 is 4.42 Å². The number of anilines is 3. The summed E-state index contributed by atoms with van der Waals surface area (Å²) in [5.74, 6) is 0.618. The fourth-order valence-corrected chi connectivity index (χ4v) is 8.99. The molecular formula is C46H32N2OS. The Morgan fingerprint density at radius 2 is 1.24 bits per heavy atom. The van der Waals surface area contributed by atoms with Gasteiger partial charge in [-0.3, -0.25) is 0 Å². The van der Waals surface area contributed by atoms with Crippen LogP contribution in [-0.2, 0) is 5.41 Å². The number of fused-ring (bicyclic) bond motifs is 7. The summed E-state index contributed by atoms with van der Waals surface area (Å²) in [4.78, 5) is 7.31. The number of aromatic nitrogens is 1. The van der Waals surface area contributed by atoms with E-state index >= 15 is 0 Å². The number of hydrogen-bond acceptors (Lipinski definition) is 4. The van der Waals surface area contributed by atoms with E-state index in [-0.39, 0.29) is 5.41 Å². The molecule has 0 saturated heterocycles. The molecule has 7 aromatic carbocycles. The average molecular weight is 661 g/mol. The van der Waals surface area contributed by atoms with Crippen LogP contribution in [0.4, 0.5) is 17.1 Å². The molecule has 9 aromatic rings. The summed E-state index contributed by atoms with van der Waals surface area (Å²) >= 11 is 1.85. The summed E-state index contributed by atoms with van der Waals surface area (Å²) in [5, 5.41) is 2.55. The van der Waals surface area contributed by atoms with Crippen LogP contribution in [0.2, 0.25) is 0 Å². The summed E-state index contributed by atoms with van der Waals surface area (Å²) in [6.45, 7) is 4.68. The minimum Gasteiger partial charge on any atom is -0.436 e. The lowest BCUT2D eigenvalue weighted by atomic mass is 9.82. The van der Waals surface area contributed by atoms with Gasteiger partial charge in [0.1, 0.15) is 5.52 Å². The molecule has 0 amide bonds. The second kappa shape index (κ2) is 11.0. The van der Waals surface area contributed by atoms with Crippen molar-refractivity contribution in [3.63, 3.8) is 0 Å². The van der Waals surface area contributed by atoms with Gasteiger partial charge in [-0.05, 0) is 81.9 Å². The molecule has 0 fully saturated rings. The quantitative estimate of drug-likeness (QED) is 0.184. The molecule has 4 heteroatoms. The lowest BCUT2D eigenvalue weighted by molar-refractivity contribution is 0.620. The van der Waals surface area contributed by atoms with Gasteiger partial charge in [0.05, 0.1) is 16.1 Å². The second-order valence-electron chi connectivity index (χ2n) is 13.6. The highest BCUT2D eigenvalue weighted by Gasteiger charge is 2.36. The van der Waals surface area contributed by atoms with Crippen LogP contribution in [0.1, 0.15) is 25.0 Å². The van der Waals surface area contributed by atoms with Gasteiger partial charge in [0.25, 0.3) is 0 Å². The van der Waals surface area contributed by atoms with Gasteiger partial charge in [-0.15, -0.1) is 11.3 Å². The molecule has 0 radical (unpaired) electrons. The zero-order valence-corrected chi connectivity index (χ0v) is 28.5. The van der Waals surface area contributed by atoms with Crippen LogP contribution in [0.3, 0.4) is 0 Å². The monoisotopic (exact) mass is 660 g/mol. The molecule has 2 aromatic heterocycles. The molecule has 1 aliphatic carbocycles. The molecule has 10 rings (SSSR count). The molecule has 0 atom stereocenters. The standard InChI is InChI=1S/C46H32N2OS/c1-46(2)38-16-8-6-13-34(38)35-25-23-32(27-39(35)46)48(41-17-10-15-37-36-14-7-9-18-43(36)50-44(37)41)33-24-26-40-42(28-33)49-45(47-40)31-21-19-30(20-22-31)29-11-4-3-5-12-29/h3-28H,1-2H3. The third-order valence-corrected chi connectivity index (χ3v) is 11.5. The van der Waals surface area contributed by atoms with Crippen LogP contribution < -0.4 is 4.90 Å². The van der Waals surface area contributed by atoms with Crippen LogP contribution in [0.15, 0.2) is 162 Å². The van der Waals surface area contributed by atoms with E-state index in [2.05, 4.69) is 170 Å². The van der Waals surface area contributed by atoms with Gasteiger partial charge in [-0.2, -0.15) is 0 Å².